The predicted molar refractivity (Wildman–Crippen MR) is 163 cm³/mol. The summed E-state index contributed by atoms with van der Waals surface area (Å²) in [5, 5.41) is 6.15. The molecule has 3 aromatic rings. The van der Waals surface area contributed by atoms with E-state index in [0.717, 1.165) is 55.8 Å². The van der Waals surface area contributed by atoms with Gasteiger partial charge in [-0.05, 0) is 74.2 Å². The van der Waals surface area contributed by atoms with Gasteiger partial charge in [0.1, 0.15) is 0 Å². The molecule has 1 aliphatic heterocycles. The van der Waals surface area contributed by atoms with Crippen LogP contribution >= 0.6 is 0 Å². The summed E-state index contributed by atoms with van der Waals surface area (Å²) in [5.74, 6) is -0.310. The molecule has 2 amide bonds. The molecule has 0 bridgehead atoms. The lowest BCUT2D eigenvalue weighted by Gasteiger charge is -2.38. The quantitative estimate of drug-likeness (QED) is 0.316. The van der Waals surface area contributed by atoms with Crippen LogP contribution in [0.1, 0.15) is 64.1 Å². The van der Waals surface area contributed by atoms with Crippen molar-refractivity contribution in [3.8, 4) is 0 Å². The summed E-state index contributed by atoms with van der Waals surface area (Å²) < 4.78 is 0. The van der Waals surface area contributed by atoms with E-state index >= 15 is 0 Å². The van der Waals surface area contributed by atoms with Crippen molar-refractivity contribution in [2.45, 2.75) is 40.5 Å². The van der Waals surface area contributed by atoms with Crippen LogP contribution in [0.15, 0.2) is 66.7 Å². The van der Waals surface area contributed by atoms with Crippen molar-refractivity contribution < 1.29 is 9.59 Å². The largest absolute Gasteiger partial charge is 0.368 e. The first-order chi connectivity index (χ1) is 18.9. The molecule has 0 radical (unpaired) electrons. The minimum Gasteiger partial charge on any atom is -0.368 e. The standard InChI is InChI=1S/C33H40N4O2/c1-5-7-18-34-32(38)26-16-17-31(37-21-19-36(20-22-37)30-15-9-8-12-25(30)4)29(23-26)35-33(39)28-14-10-13-24(3)27(28)11-6-2/h6,8-17,23H,5,7,18-22H2,1-4H3,(H,34,38)(H,35,39)/b11-6-. The average molecular weight is 525 g/mol. The lowest BCUT2D eigenvalue weighted by molar-refractivity contribution is 0.0951. The molecule has 0 saturated carbocycles. The van der Waals surface area contributed by atoms with Crippen LogP contribution in [0.25, 0.3) is 6.08 Å². The molecule has 3 aromatic carbocycles. The molecule has 6 heteroatoms. The number of aryl methyl sites for hydroxylation is 2. The van der Waals surface area contributed by atoms with Gasteiger partial charge in [-0.3, -0.25) is 9.59 Å². The first-order valence-corrected chi connectivity index (χ1v) is 13.9. The number of nitrogens with one attached hydrogen (secondary N) is 2. The van der Waals surface area contributed by atoms with Gasteiger partial charge in [-0.2, -0.15) is 0 Å². The molecule has 1 heterocycles. The van der Waals surface area contributed by atoms with Gasteiger partial charge in [-0.15, -0.1) is 0 Å². The summed E-state index contributed by atoms with van der Waals surface area (Å²) in [7, 11) is 0. The van der Waals surface area contributed by atoms with Gasteiger partial charge in [0.2, 0.25) is 0 Å². The Morgan fingerprint density at radius 1 is 0.846 bits per heavy atom. The van der Waals surface area contributed by atoms with Crippen molar-refractivity contribution in [2.24, 2.45) is 0 Å². The second-order valence-corrected chi connectivity index (χ2v) is 10.1. The van der Waals surface area contributed by atoms with E-state index in [9.17, 15) is 9.59 Å². The van der Waals surface area contributed by atoms with Crippen LogP contribution in [-0.4, -0.2) is 44.5 Å². The maximum Gasteiger partial charge on any atom is 0.256 e. The Morgan fingerprint density at radius 2 is 1.54 bits per heavy atom. The number of carbonyl (C=O) groups excluding carboxylic acids is 2. The lowest BCUT2D eigenvalue weighted by Crippen LogP contribution is -2.47. The maximum absolute atomic E-state index is 13.6. The molecule has 4 rings (SSSR count). The topological polar surface area (TPSA) is 64.7 Å². The number of anilines is 3. The smallest absolute Gasteiger partial charge is 0.256 e. The zero-order valence-electron chi connectivity index (χ0n) is 23.6. The summed E-state index contributed by atoms with van der Waals surface area (Å²) in [6.45, 7) is 12.2. The van der Waals surface area contributed by atoms with Gasteiger partial charge < -0.3 is 20.4 Å². The third-order valence-corrected chi connectivity index (χ3v) is 7.30. The monoisotopic (exact) mass is 524 g/mol. The Balaban J connectivity index is 1.61. The first kappa shape index (κ1) is 28.0. The number of para-hydroxylation sites is 1. The van der Waals surface area contributed by atoms with Crippen LogP contribution in [0, 0.1) is 13.8 Å². The summed E-state index contributed by atoms with van der Waals surface area (Å²) >= 11 is 0. The Morgan fingerprint density at radius 3 is 2.23 bits per heavy atom. The highest BCUT2D eigenvalue weighted by Gasteiger charge is 2.23. The number of allylic oxidation sites excluding steroid dienone is 1. The van der Waals surface area contributed by atoms with Crippen molar-refractivity contribution in [2.75, 3.05) is 47.8 Å². The number of piperazine rings is 1. The van der Waals surface area contributed by atoms with E-state index in [2.05, 4.69) is 58.5 Å². The lowest BCUT2D eigenvalue weighted by atomic mass is 10.0. The van der Waals surface area contributed by atoms with Crippen molar-refractivity contribution in [3.63, 3.8) is 0 Å². The molecule has 1 aliphatic rings. The van der Waals surface area contributed by atoms with Gasteiger partial charge in [0.25, 0.3) is 11.8 Å². The zero-order chi connectivity index (χ0) is 27.8. The van der Waals surface area contributed by atoms with Gasteiger partial charge in [-0.1, -0.05) is 55.8 Å². The Bertz CT molecular complexity index is 1340. The van der Waals surface area contributed by atoms with Crippen LogP contribution in [0.3, 0.4) is 0 Å². The third kappa shape index (κ3) is 6.69. The molecule has 39 heavy (non-hydrogen) atoms. The fourth-order valence-electron chi connectivity index (χ4n) is 5.10. The van der Waals surface area contributed by atoms with E-state index in [-0.39, 0.29) is 11.8 Å². The van der Waals surface area contributed by atoms with E-state index in [1.165, 1.54) is 11.3 Å². The summed E-state index contributed by atoms with van der Waals surface area (Å²) in [5.41, 5.74) is 7.21. The number of rotatable bonds is 9. The molecular weight excluding hydrogens is 484 g/mol. The number of hydrogen-bond acceptors (Lipinski definition) is 4. The van der Waals surface area contributed by atoms with Crippen LogP contribution in [-0.2, 0) is 0 Å². The Kier molecular flexibility index (Phi) is 9.42. The molecule has 1 fully saturated rings. The van der Waals surface area contributed by atoms with E-state index < -0.39 is 0 Å². The predicted octanol–water partition coefficient (Wildman–Crippen LogP) is 6.45. The number of hydrogen-bond donors (Lipinski definition) is 2. The number of nitrogens with zero attached hydrogens (tertiary/aromatic N) is 2. The minimum atomic E-state index is -0.185. The Labute approximate surface area is 232 Å². The number of unbranched alkanes of at least 4 members (excludes halogenated alkanes) is 1. The molecule has 0 aromatic heterocycles. The highest BCUT2D eigenvalue weighted by atomic mass is 16.2. The molecule has 6 nitrogen and oxygen atoms in total. The van der Waals surface area contributed by atoms with E-state index in [1.807, 2.05) is 62.4 Å². The summed E-state index contributed by atoms with van der Waals surface area (Å²) in [6, 6.07) is 19.9. The minimum absolute atomic E-state index is 0.125. The highest BCUT2D eigenvalue weighted by molar-refractivity contribution is 6.09. The van der Waals surface area contributed by atoms with E-state index in [0.29, 0.717) is 23.4 Å². The molecule has 0 unspecified atom stereocenters. The molecule has 1 saturated heterocycles. The van der Waals surface area contributed by atoms with Crippen molar-refractivity contribution in [1.29, 1.82) is 0 Å². The molecule has 0 spiro atoms. The fraction of sp³-hybridized carbons (Fsp3) is 0.333. The first-order valence-electron chi connectivity index (χ1n) is 13.9. The number of amides is 2. The van der Waals surface area contributed by atoms with Crippen molar-refractivity contribution >= 4 is 35.0 Å². The number of carbonyl (C=O) groups is 2. The number of benzene rings is 3. The van der Waals surface area contributed by atoms with Crippen LogP contribution in [0.5, 0.6) is 0 Å². The third-order valence-electron chi connectivity index (χ3n) is 7.30. The van der Waals surface area contributed by atoms with Crippen LogP contribution < -0.4 is 20.4 Å². The fourth-order valence-corrected chi connectivity index (χ4v) is 5.10. The van der Waals surface area contributed by atoms with Gasteiger partial charge in [0.05, 0.1) is 11.4 Å². The SMILES string of the molecule is C/C=C\c1c(C)cccc1C(=O)Nc1cc(C(=O)NCCCC)ccc1N1CCN(c2ccccc2C)CC1. The van der Waals surface area contributed by atoms with Crippen LogP contribution in [0.2, 0.25) is 0 Å². The maximum atomic E-state index is 13.6. The van der Waals surface area contributed by atoms with Gasteiger partial charge in [0, 0.05) is 49.5 Å². The van der Waals surface area contributed by atoms with Crippen molar-refractivity contribution in [1.82, 2.24) is 5.32 Å². The molecular formula is C33H40N4O2. The van der Waals surface area contributed by atoms with Gasteiger partial charge in [-0.25, -0.2) is 0 Å². The summed E-state index contributed by atoms with van der Waals surface area (Å²) in [4.78, 5) is 31.2. The normalized spacial score (nSPS) is 13.5. The molecule has 0 aliphatic carbocycles. The molecule has 0 atom stereocenters. The van der Waals surface area contributed by atoms with E-state index in [1.54, 1.807) is 0 Å². The molecule has 2 N–H and O–H groups in total. The summed E-state index contributed by atoms with van der Waals surface area (Å²) in [6.07, 6.45) is 5.85. The van der Waals surface area contributed by atoms with Crippen LogP contribution in [0.4, 0.5) is 17.1 Å². The van der Waals surface area contributed by atoms with Gasteiger partial charge >= 0.3 is 0 Å². The zero-order valence-corrected chi connectivity index (χ0v) is 23.6. The van der Waals surface area contributed by atoms with E-state index in [4.69, 9.17) is 0 Å². The second-order valence-electron chi connectivity index (χ2n) is 10.1. The molecule has 204 valence electrons. The van der Waals surface area contributed by atoms with Gasteiger partial charge in [0.15, 0.2) is 0 Å². The van der Waals surface area contributed by atoms with Crippen molar-refractivity contribution in [3.05, 3.63) is 94.6 Å². The average Bonchev–Trinajstić information content (AvgIpc) is 2.94. The second kappa shape index (κ2) is 13.1. The Hall–Kier alpha value is -4.06. The highest BCUT2D eigenvalue weighted by Crippen LogP contribution is 2.31.